The minimum absolute atomic E-state index is 0.100. The Hall–Kier alpha value is -2.34. The first-order chi connectivity index (χ1) is 13.6. The molecule has 0 saturated carbocycles. The fraction of sp³-hybridized carbons (Fsp3) is 0.545. The summed E-state index contributed by atoms with van der Waals surface area (Å²) in [5.74, 6) is 0.278. The molecular formula is C22H30N4O2. The molecule has 2 aromatic rings. The highest BCUT2D eigenvalue weighted by molar-refractivity contribution is 5.79. The van der Waals surface area contributed by atoms with Gasteiger partial charge in [-0.3, -0.25) is 9.69 Å². The minimum atomic E-state index is 0.100. The van der Waals surface area contributed by atoms with Crippen LogP contribution in [0.25, 0.3) is 11.1 Å². The van der Waals surface area contributed by atoms with Crippen molar-refractivity contribution >= 4 is 23.0 Å². The lowest BCUT2D eigenvalue weighted by Gasteiger charge is -2.41. The number of likely N-dealkylation sites (tertiary alicyclic amines) is 1. The van der Waals surface area contributed by atoms with Crippen molar-refractivity contribution in [2.24, 2.45) is 5.92 Å². The number of nitrogens with one attached hydrogen (secondary N) is 1. The summed E-state index contributed by atoms with van der Waals surface area (Å²) in [6.07, 6.45) is 4.24. The van der Waals surface area contributed by atoms with Gasteiger partial charge in [-0.1, -0.05) is 24.3 Å². The summed E-state index contributed by atoms with van der Waals surface area (Å²) in [6.45, 7) is 10.2. The summed E-state index contributed by atoms with van der Waals surface area (Å²) < 4.78 is 5.92. The van der Waals surface area contributed by atoms with Crippen molar-refractivity contribution in [1.29, 1.82) is 0 Å². The fourth-order valence-corrected chi connectivity index (χ4v) is 4.35. The molecule has 2 fully saturated rings. The maximum Gasteiger partial charge on any atom is 0.298 e. The summed E-state index contributed by atoms with van der Waals surface area (Å²) in [4.78, 5) is 21.8. The number of oxazole rings is 1. The normalized spacial score (nSPS) is 21.8. The molecule has 6 heteroatoms. The van der Waals surface area contributed by atoms with Crippen LogP contribution in [0.5, 0.6) is 0 Å². The van der Waals surface area contributed by atoms with Gasteiger partial charge in [-0.2, -0.15) is 4.98 Å². The average molecular weight is 383 g/mol. The summed E-state index contributed by atoms with van der Waals surface area (Å²) >= 11 is 0. The summed E-state index contributed by atoms with van der Waals surface area (Å²) in [5.41, 5.74) is 2.76. The summed E-state index contributed by atoms with van der Waals surface area (Å²) in [5, 5.41) is 3.02. The SMILES string of the molecule is C=C(C)CNC(=O)[C@@H]1CCCN(C2CCN(c3nc4ccccc4o3)CC2)C1. The number of benzene rings is 1. The molecule has 6 nitrogen and oxygen atoms in total. The van der Waals surface area contributed by atoms with Crippen molar-refractivity contribution in [3.8, 4) is 0 Å². The average Bonchev–Trinajstić information content (AvgIpc) is 3.16. The van der Waals surface area contributed by atoms with Crippen LogP contribution in [0.3, 0.4) is 0 Å². The minimum Gasteiger partial charge on any atom is -0.423 e. The van der Waals surface area contributed by atoms with Gasteiger partial charge in [-0.15, -0.1) is 0 Å². The number of hydrogen-bond donors (Lipinski definition) is 1. The molecule has 2 saturated heterocycles. The van der Waals surface area contributed by atoms with Gasteiger partial charge in [0.05, 0.1) is 5.92 Å². The topological polar surface area (TPSA) is 61.6 Å². The van der Waals surface area contributed by atoms with E-state index in [1.165, 1.54) is 0 Å². The smallest absolute Gasteiger partial charge is 0.298 e. The number of piperidine rings is 2. The lowest BCUT2D eigenvalue weighted by molar-refractivity contribution is -0.126. The highest BCUT2D eigenvalue weighted by Crippen LogP contribution is 2.28. The van der Waals surface area contributed by atoms with Crippen LogP contribution in [-0.4, -0.2) is 54.6 Å². The van der Waals surface area contributed by atoms with Crippen molar-refractivity contribution in [3.63, 3.8) is 0 Å². The van der Waals surface area contributed by atoms with Crippen LogP contribution in [0.1, 0.15) is 32.6 Å². The van der Waals surface area contributed by atoms with E-state index >= 15 is 0 Å². The molecule has 28 heavy (non-hydrogen) atoms. The molecule has 1 aromatic heterocycles. The van der Waals surface area contributed by atoms with Crippen LogP contribution < -0.4 is 10.2 Å². The van der Waals surface area contributed by atoms with E-state index < -0.39 is 0 Å². The van der Waals surface area contributed by atoms with Crippen LogP contribution in [0.15, 0.2) is 40.8 Å². The van der Waals surface area contributed by atoms with Gasteiger partial charge in [-0.05, 0) is 51.3 Å². The molecule has 1 N–H and O–H groups in total. The predicted molar refractivity (Wildman–Crippen MR) is 111 cm³/mol. The van der Waals surface area contributed by atoms with Crippen molar-refractivity contribution < 1.29 is 9.21 Å². The largest absolute Gasteiger partial charge is 0.423 e. The van der Waals surface area contributed by atoms with Crippen molar-refractivity contribution in [1.82, 2.24) is 15.2 Å². The monoisotopic (exact) mass is 382 g/mol. The van der Waals surface area contributed by atoms with Crippen LogP contribution >= 0.6 is 0 Å². The van der Waals surface area contributed by atoms with E-state index in [9.17, 15) is 4.79 Å². The molecule has 0 radical (unpaired) electrons. The third-order valence-electron chi connectivity index (χ3n) is 5.92. The van der Waals surface area contributed by atoms with Crippen molar-refractivity contribution in [2.45, 2.75) is 38.6 Å². The molecule has 0 bridgehead atoms. The van der Waals surface area contributed by atoms with Gasteiger partial charge in [0, 0.05) is 32.2 Å². The Morgan fingerprint density at radius 3 is 2.79 bits per heavy atom. The highest BCUT2D eigenvalue weighted by atomic mass is 16.4. The number of carbonyl (C=O) groups is 1. The van der Waals surface area contributed by atoms with E-state index in [1.807, 2.05) is 31.2 Å². The molecule has 3 heterocycles. The Morgan fingerprint density at radius 1 is 1.25 bits per heavy atom. The first-order valence-electron chi connectivity index (χ1n) is 10.4. The number of rotatable bonds is 5. The molecule has 2 aliphatic heterocycles. The number of nitrogens with zero attached hydrogens (tertiary/aromatic N) is 3. The predicted octanol–water partition coefficient (Wildman–Crippen LogP) is 3.20. The Bertz CT molecular complexity index is 805. The standard InChI is InChI=1S/C22H30N4O2/c1-16(2)14-23-21(27)17-6-5-11-26(15-17)18-9-12-25(13-10-18)22-24-19-7-3-4-8-20(19)28-22/h3-4,7-8,17-18H,1,5-6,9-15H2,2H3,(H,23,27)/t17-/m1/s1. The zero-order chi connectivity index (χ0) is 19.5. The second-order valence-electron chi connectivity index (χ2n) is 8.19. The zero-order valence-electron chi connectivity index (χ0n) is 16.7. The van der Waals surface area contributed by atoms with Gasteiger partial charge in [0.1, 0.15) is 5.52 Å². The molecule has 0 unspecified atom stereocenters. The number of carbonyl (C=O) groups excluding carboxylic acids is 1. The van der Waals surface area contributed by atoms with Gasteiger partial charge in [0.2, 0.25) is 5.91 Å². The van der Waals surface area contributed by atoms with Crippen LogP contribution in [0.4, 0.5) is 6.01 Å². The fourth-order valence-electron chi connectivity index (χ4n) is 4.35. The Morgan fingerprint density at radius 2 is 2.04 bits per heavy atom. The zero-order valence-corrected chi connectivity index (χ0v) is 16.7. The summed E-state index contributed by atoms with van der Waals surface area (Å²) in [7, 11) is 0. The molecular weight excluding hydrogens is 352 g/mol. The quantitative estimate of drug-likeness (QED) is 0.805. The summed E-state index contributed by atoms with van der Waals surface area (Å²) in [6, 6.07) is 9.18. The van der Waals surface area contributed by atoms with Crippen molar-refractivity contribution in [2.75, 3.05) is 37.6 Å². The van der Waals surface area contributed by atoms with Crippen LogP contribution in [0, 0.1) is 5.92 Å². The third kappa shape index (κ3) is 4.22. The Labute approximate surface area is 166 Å². The first kappa shape index (κ1) is 19.0. The van der Waals surface area contributed by atoms with Crippen LogP contribution in [0.2, 0.25) is 0 Å². The third-order valence-corrected chi connectivity index (χ3v) is 5.92. The highest BCUT2D eigenvalue weighted by Gasteiger charge is 2.32. The number of anilines is 1. The van der Waals surface area contributed by atoms with Gasteiger partial charge < -0.3 is 14.6 Å². The second kappa shape index (κ2) is 8.35. The second-order valence-corrected chi connectivity index (χ2v) is 8.19. The van der Waals surface area contributed by atoms with Crippen molar-refractivity contribution in [3.05, 3.63) is 36.4 Å². The number of aromatic nitrogens is 1. The van der Waals surface area contributed by atoms with Gasteiger partial charge in [0.15, 0.2) is 5.58 Å². The molecule has 1 amide bonds. The van der Waals surface area contributed by atoms with Gasteiger partial charge >= 0.3 is 0 Å². The van der Waals surface area contributed by atoms with E-state index in [2.05, 4.69) is 26.7 Å². The van der Waals surface area contributed by atoms with E-state index in [0.717, 1.165) is 74.5 Å². The first-order valence-corrected chi connectivity index (χ1v) is 10.4. The van der Waals surface area contributed by atoms with E-state index in [0.29, 0.717) is 12.6 Å². The molecule has 4 rings (SSSR count). The number of amides is 1. The molecule has 1 atom stereocenters. The van der Waals surface area contributed by atoms with Gasteiger partial charge in [-0.25, -0.2) is 0 Å². The van der Waals surface area contributed by atoms with E-state index in [4.69, 9.17) is 4.42 Å². The number of para-hydroxylation sites is 2. The molecule has 1 aromatic carbocycles. The number of hydrogen-bond acceptors (Lipinski definition) is 5. The lowest BCUT2D eigenvalue weighted by Crippen LogP contribution is -2.51. The van der Waals surface area contributed by atoms with E-state index in [-0.39, 0.29) is 11.8 Å². The Kier molecular flexibility index (Phi) is 5.67. The van der Waals surface area contributed by atoms with E-state index in [1.54, 1.807) is 0 Å². The number of fused-ring (bicyclic) bond motifs is 1. The molecule has 0 spiro atoms. The maximum atomic E-state index is 12.4. The van der Waals surface area contributed by atoms with Gasteiger partial charge in [0.25, 0.3) is 6.01 Å². The maximum absolute atomic E-state index is 12.4. The van der Waals surface area contributed by atoms with Crippen LogP contribution in [-0.2, 0) is 4.79 Å². The molecule has 150 valence electrons. The molecule has 0 aliphatic carbocycles. The lowest BCUT2D eigenvalue weighted by atomic mass is 9.93. The molecule has 2 aliphatic rings. The Balaban J connectivity index is 1.31.